The van der Waals surface area contributed by atoms with Gasteiger partial charge in [0.05, 0.1) is 23.6 Å². The van der Waals surface area contributed by atoms with Crippen LogP contribution >= 0.6 is 22.9 Å². The van der Waals surface area contributed by atoms with Gasteiger partial charge < -0.3 is 14.2 Å². The molecule has 0 spiro atoms. The van der Waals surface area contributed by atoms with Gasteiger partial charge in [0, 0.05) is 41.1 Å². The lowest BCUT2D eigenvalue weighted by Gasteiger charge is -2.39. The number of hydrogen-bond acceptors (Lipinski definition) is 5. The van der Waals surface area contributed by atoms with E-state index in [2.05, 4.69) is 41.8 Å². The fourth-order valence-electron chi connectivity index (χ4n) is 6.51. The highest BCUT2D eigenvalue weighted by molar-refractivity contribution is 7.09. The van der Waals surface area contributed by atoms with Gasteiger partial charge in [-0.25, -0.2) is 14.8 Å². The van der Waals surface area contributed by atoms with E-state index in [1.165, 1.54) is 16.6 Å². The first-order chi connectivity index (χ1) is 18.6. The number of aryl methyl sites for hydroxylation is 1. The number of rotatable bonds is 7. The summed E-state index contributed by atoms with van der Waals surface area (Å²) >= 11 is 7.90. The van der Waals surface area contributed by atoms with Crippen molar-refractivity contribution in [3.63, 3.8) is 0 Å². The van der Waals surface area contributed by atoms with E-state index in [1.807, 2.05) is 35.5 Å². The maximum absolute atomic E-state index is 12.7. The maximum Gasteiger partial charge on any atom is 0.410 e. The summed E-state index contributed by atoms with van der Waals surface area (Å²) in [5.41, 5.74) is 4.58. The molecule has 1 amide bonds. The van der Waals surface area contributed by atoms with Gasteiger partial charge in [0.1, 0.15) is 10.8 Å². The number of aromatic nitrogens is 3. The van der Waals surface area contributed by atoms with Crippen molar-refractivity contribution in [2.75, 3.05) is 6.61 Å². The maximum atomic E-state index is 12.7. The van der Waals surface area contributed by atoms with Crippen molar-refractivity contribution < 1.29 is 9.53 Å². The molecule has 0 N–H and O–H groups in total. The number of ether oxygens (including phenoxy) is 1. The van der Waals surface area contributed by atoms with Crippen molar-refractivity contribution in [1.82, 2.24) is 19.4 Å². The Morgan fingerprint density at radius 2 is 1.82 bits per heavy atom. The van der Waals surface area contributed by atoms with Crippen molar-refractivity contribution in [3.05, 3.63) is 81.0 Å². The molecule has 2 aromatic carbocycles. The zero-order valence-corrected chi connectivity index (χ0v) is 23.4. The molecule has 2 fully saturated rings. The van der Waals surface area contributed by atoms with Crippen LogP contribution in [0.1, 0.15) is 79.9 Å². The molecule has 2 bridgehead atoms. The fraction of sp³-hybridized carbons (Fsp3) is 0.433. The minimum atomic E-state index is -0.153. The van der Waals surface area contributed by atoms with E-state index in [1.54, 1.807) is 11.3 Å². The summed E-state index contributed by atoms with van der Waals surface area (Å²) in [6, 6.07) is 15.6. The Morgan fingerprint density at radius 1 is 1.08 bits per heavy atom. The number of amides is 1. The van der Waals surface area contributed by atoms with Crippen molar-refractivity contribution in [1.29, 1.82) is 0 Å². The number of fused-ring (bicyclic) bond motifs is 3. The third-order valence-electron chi connectivity index (χ3n) is 8.05. The number of carbonyl (C=O) groups excluding carboxylic acids is 1. The van der Waals surface area contributed by atoms with Crippen LogP contribution in [0.15, 0.2) is 54.0 Å². The van der Waals surface area contributed by atoms with Crippen LogP contribution in [-0.4, -0.2) is 44.2 Å². The lowest BCUT2D eigenvalue weighted by molar-refractivity contribution is 0.0622. The molecule has 2 saturated heterocycles. The average molecular weight is 549 g/mol. The molecule has 2 aromatic heterocycles. The lowest BCUT2D eigenvalue weighted by atomic mass is 9.91. The Labute approximate surface area is 232 Å². The summed E-state index contributed by atoms with van der Waals surface area (Å²) in [4.78, 5) is 24.5. The van der Waals surface area contributed by atoms with E-state index < -0.39 is 0 Å². The summed E-state index contributed by atoms with van der Waals surface area (Å²) in [6.07, 6.45) is 7.66. The number of thiazole rings is 1. The first-order valence-corrected chi connectivity index (χ1v) is 14.9. The first-order valence-electron chi connectivity index (χ1n) is 13.7. The van der Waals surface area contributed by atoms with Crippen LogP contribution in [0.3, 0.4) is 0 Å². The van der Waals surface area contributed by atoms with Gasteiger partial charge in [-0.1, -0.05) is 36.7 Å². The van der Waals surface area contributed by atoms with Crippen molar-refractivity contribution >= 4 is 40.1 Å². The van der Waals surface area contributed by atoms with Gasteiger partial charge in [-0.05, 0) is 74.4 Å². The molecule has 198 valence electrons. The second-order valence-corrected chi connectivity index (χ2v) is 11.7. The highest BCUT2D eigenvalue weighted by Crippen LogP contribution is 2.43. The summed E-state index contributed by atoms with van der Waals surface area (Å²) in [7, 11) is 0. The largest absolute Gasteiger partial charge is 0.450 e. The Balaban J connectivity index is 1.41. The van der Waals surface area contributed by atoms with E-state index in [0.717, 1.165) is 59.9 Å². The van der Waals surface area contributed by atoms with Crippen molar-refractivity contribution in [2.45, 2.75) is 76.4 Å². The van der Waals surface area contributed by atoms with Gasteiger partial charge in [-0.2, -0.15) is 0 Å². The van der Waals surface area contributed by atoms with Crippen LogP contribution in [0.2, 0.25) is 5.02 Å². The van der Waals surface area contributed by atoms with Crippen LogP contribution in [-0.2, 0) is 11.2 Å². The molecule has 3 unspecified atom stereocenters. The summed E-state index contributed by atoms with van der Waals surface area (Å²) < 4.78 is 7.90. The molecule has 8 heteroatoms. The molecule has 3 atom stereocenters. The number of halogens is 1. The van der Waals surface area contributed by atoms with Gasteiger partial charge >= 0.3 is 6.09 Å². The molecule has 0 radical (unpaired) electrons. The van der Waals surface area contributed by atoms with Gasteiger partial charge in [0.2, 0.25) is 0 Å². The molecule has 6 nitrogen and oxygen atoms in total. The SMILES string of the molecule is CCCc1nc2ccc(C(c3ccc(Cl)cc3)c3nccs3)cc2n1C1CC2CCC(C1)N2C(=O)OCC. The predicted molar refractivity (Wildman–Crippen MR) is 152 cm³/mol. The second-order valence-electron chi connectivity index (χ2n) is 10.4. The number of carbonyl (C=O) groups is 1. The summed E-state index contributed by atoms with van der Waals surface area (Å²) in [5.74, 6) is 1.17. The Bertz CT molecular complexity index is 1400. The topological polar surface area (TPSA) is 60.2 Å². The highest BCUT2D eigenvalue weighted by Gasteiger charge is 2.45. The number of hydrogen-bond donors (Lipinski definition) is 0. The van der Waals surface area contributed by atoms with Gasteiger partial charge in [-0.15, -0.1) is 11.3 Å². The molecule has 38 heavy (non-hydrogen) atoms. The zero-order chi connectivity index (χ0) is 26.2. The average Bonchev–Trinajstić information content (AvgIpc) is 3.62. The minimum Gasteiger partial charge on any atom is -0.450 e. The van der Waals surface area contributed by atoms with Crippen LogP contribution in [0, 0.1) is 0 Å². The quantitative estimate of drug-likeness (QED) is 0.238. The fourth-order valence-corrected chi connectivity index (χ4v) is 7.43. The molecular weight excluding hydrogens is 516 g/mol. The third-order valence-corrected chi connectivity index (χ3v) is 9.14. The van der Waals surface area contributed by atoms with Crippen LogP contribution < -0.4 is 0 Å². The Kier molecular flexibility index (Phi) is 7.14. The number of imidazole rings is 1. The molecule has 6 rings (SSSR count). The van der Waals surface area contributed by atoms with E-state index in [4.69, 9.17) is 26.3 Å². The second kappa shape index (κ2) is 10.7. The summed E-state index contributed by atoms with van der Waals surface area (Å²) in [5, 5.41) is 3.83. The highest BCUT2D eigenvalue weighted by atomic mass is 35.5. The normalized spacial score (nSPS) is 21.7. The molecule has 2 aliphatic rings. The smallest absolute Gasteiger partial charge is 0.410 e. The number of piperidine rings is 1. The minimum absolute atomic E-state index is 0.0245. The first kappa shape index (κ1) is 25.4. The van der Waals surface area contributed by atoms with E-state index in [9.17, 15) is 4.79 Å². The van der Waals surface area contributed by atoms with E-state index >= 15 is 0 Å². The lowest BCUT2D eigenvalue weighted by Crippen LogP contribution is -2.47. The van der Waals surface area contributed by atoms with Gasteiger partial charge in [0.25, 0.3) is 0 Å². The molecule has 0 aliphatic carbocycles. The zero-order valence-electron chi connectivity index (χ0n) is 21.8. The van der Waals surface area contributed by atoms with Crippen LogP contribution in [0.25, 0.3) is 11.0 Å². The molecule has 4 heterocycles. The molecular formula is C30H33ClN4O2S. The van der Waals surface area contributed by atoms with Crippen molar-refractivity contribution in [3.8, 4) is 0 Å². The third kappa shape index (κ3) is 4.60. The molecule has 4 aromatic rings. The van der Waals surface area contributed by atoms with Crippen LogP contribution in [0.5, 0.6) is 0 Å². The number of nitrogens with zero attached hydrogens (tertiary/aromatic N) is 4. The monoisotopic (exact) mass is 548 g/mol. The Morgan fingerprint density at radius 3 is 2.47 bits per heavy atom. The van der Waals surface area contributed by atoms with E-state index in [-0.39, 0.29) is 24.1 Å². The standard InChI is InChI=1S/C30H33ClN4O2S/c1-3-5-27-33-25-13-8-20(28(29-32-14-15-38-29)19-6-9-21(31)10-7-19)16-26(25)35(27)24-17-22-11-12-23(18-24)34(22)30(36)37-4-2/h6-10,13-16,22-24,28H,3-5,11-12,17-18H2,1-2H3. The van der Waals surface area contributed by atoms with Crippen LogP contribution in [0.4, 0.5) is 4.79 Å². The summed E-state index contributed by atoms with van der Waals surface area (Å²) in [6.45, 7) is 4.50. The number of benzene rings is 2. The molecule has 0 saturated carbocycles. The van der Waals surface area contributed by atoms with Gasteiger partial charge in [0.15, 0.2) is 0 Å². The predicted octanol–water partition coefficient (Wildman–Crippen LogP) is 7.60. The Hall–Kier alpha value is -2.90. The molecule has 2 aliphatic heterocycles. The van der Waals surface area contributed by atoms with E-state index in [0.29, 0.717) is 12.6 Å². The van der Waals surface area contributed by atoms with Crippen molar-refractivity contribution in [2.24, 2.45) is 0 Å². The van der Waals surface area contributed by atoms with Gasteiger partial charge in [-0.3, -0.25) is 0 Å².